The number of nitrogens with zero attached hydrogens (tertiary/aromatic N) is 2. The Morgan fingerprint density at radius 2 is 1.74 bits per heavy atom. The molecule has 7 heteroatoms. The van der Waals surface area contributed by atoms with Crippen molar-refractivity contribution >= 4 is 12.4 Å². The van der Waals surface area contributed by atoms with Crippen molar-refractivity contribution in [3.05, 3.63) is 65.7 Å². The summed E-state index contributed by atoms with van der Waals surface area (Å²) in [4.78, 5) is 26.3. The topological polar surface area (TPSA) is 90.3 Å². The van der Waals surface area contributed by atoms with E-state index in [4.69, 9.17) is 14.6 Å². The number of para-hydroxylation sites is 1. The van der Waals surface area contributed by atoms with Crippen LogP contribution in [0.1, 0.15) is 41.6 Å². The zero-order chi connectivity index (χ0) is 23.9. The number of hydrogen-bond donors (Lipinski definition) is 2. The molecule has 5 rings (SSSR count). The fraction of sp³-hybridized carbons (Fsp3) is 0.481. The molecule has 3 aliphatic heterocycles. The van der Waals surface area contributed by atoms with Crippen LogP contribution >= 0.6 is 0 Å². The molecule has 3 heterocycles. The summed E-state index contributed by atoms with van der Waals surface area (Å²) in [6.45, 7) is 3.13. The van der Waals surface area contributed by atoms with Crippen LogP contribution in [0.5, 0.6) is 5.75 Å². The van der Waals surface area contributed by atoms with Gasteiger partial charge in [0.05, 0.1) is 6.61 Å². The summed E-state index contributed by atoms with van der Waals surface area (Å²) in [5.74, 6) is 1.87. The van der Waals surface area contributed by atoms with Crippen LogP contribution in [0.4, 0.5) is 0 Å². The second kappa shape index (κ2) is 11.5. The van der Waals surface area contributed by atoms with E-state index in [2.05, 4.69) is 4.90 Å². The van der Waals surface area contributed by atoms with E-state index in [1.54, 1.807) is 0 Å². The van der Waals surface area contributed by atoms with Crippen molar-refractivity contribution in [2.45, 2.75) is 44.4 Å². The second-order valence-corrected chi connectivity index (χ2v) is 9.42. The first-order valence-electron chi connectivity index (χ1n) is 12.1. The number of aliphatic hydroxyl groups is 1. The van der Waals surface area contributed by atoms with Gasteiger partial charge in [0, 0.05) is 30.7 Å². The highest BCUT2D eigenvalue weighted by atomic mass is 16.5. The monoisotopic (exact) mass is 466 g/mol. The molecule has 2 bridgehead atoms. The molecule has 7 nitrogen and oxygen atoms in total. The molecule has 3 saturated heterocycles. The molecule has 0 radical (unpaired) electrons. The highest BCUT2D eigenvalue weighted by Crippen LogP contribution is 2.41. The van der Waals surface area contributed by atoms with E-state index in [0.717, 1.165) is 42.9 Å². The first-order valence-corrected chi connectivity index (χ1v) is 12.1. The number of rotatable bonds is 5. The smallest absolute Gasteiger partial charge is 0.290 e. The molecule has 0 spiro atoms. The first kappa shape index (κ1) is 24.2. The molecule has 1 amide bonds. The number of carbonyl (C=O) groups is 2. The molecule has 2 aromatic rings. The van der Waals surface area contributed by atoms with Gasteiger partial charge in [-0.2, -0.15) is 0 Å². The Hall–Kier alpha value is -2.90. The molecule has 2 N–H and O–H groups in total. The van der Waals surface area contributed by atoms with Crippen molar-refractivity contribution in [3.63, 3.8) is 0 Å². The van der Waals surface area contributed by atoms with Crippen molar-refractivity contribution < 1.29 is 24.5 Å². The Morgan fingerprint density at radius 3 is 2.44 bits per heavy atom. The van der Waals surface area contributed by atoms with Gasteiger partial charge in [0.1, 0.15) is 12.4 Å². The van der Waals surface area contributed by atoms with Crippen LogP contribution in [-0.4, -0.2) is 70.7 Å². The van der Waals surface area contributed by atoms with E-state index < -0.39 is 0 Å². The maximum Gasteiger partial charge on any atom is 0.290 e. The lowest BCUT2D eigenvalue weighted by atomic mass is 9.72. The van der Waals surface area contributed by atoms with Gasteiger partial charge in [0.2, 0.25) is 0 Å². The average Bonchev–Trinajstić information content (AvgIpc) is 2.89. The number of likely N-dealkylation sites (tertiary alicyclic amines) is 1. The van der Waals surface area contributed by atoms with E-state index in [9.17, 15) is 9.90 Å². The van der Waals surface area contributed by atoms with Gasteiger partial charge in [-0.3, -0.25) is 14.5 Å². The fourth-order valence-electron chi connectivity index (χ4n) is 5.93. The van der Waals surface area contributed by atoms with Gasteiger partial charge in [0.25, 0.3) is 12.4 Å². The van der Waals surface area contributed by atoms with Crippen LogP contribution in [0.3, 0.4) is 0 Å². The third kappa shape index (κ3) is 5.42. The summed E-state index contributed by atoms with van der Waals surface area (Å²) < 4.78 is 5.81. The van der Waals surface area contributed by atoms with Gasteiger partial charge in [-0.25, -0.2) is 0 Å². The van der Waals surface area contributed by atoms with Gasteiger partial charge < -0.3 is 19.8 Å². The lowest BCUT2D eigenvalue weighted by Gasteiger charge is -2.56. The molecule has 4 atom stereocenters. The molecule has 182 valence electrons. The van der Waals surface area contributed by atoms with Crippen LogP contribution in [0, 0.1) is 11.8 Å². The molecule has 0 unspecified atom stereocenters. The minimum atomic E-state index is -0.250. The third-order valence-corrected chi connectivity index (χ3v) is 7.45. The molecule has 0 saturated carbocycles. The number of aliphatic hydroxyl groups excluding tert-OH is 1. The SMILES string of the molecule is O=C(c1ccc(COc2ccccc2)cc1)N1C[C@H]2C[C@@H](C1)[C@H](CO)N1CCCC[C@@H]21.O=CO. The van der Waals surface area contributed by atoms with Crippen molar-refractivity contribution in [2.24, 2.45) is 11.8 Å². The van der Waals surface area contributed by atoms with Gasteiger partial charge in [-0.1, -0.05) is 36.8 Å². The molecular weight excluding hydrogens is 432 g/mol. The van der Waals surface area contributed by atoms with Crippen molar-refractivity contribution in [1.82, 2.24) is 9.80 Å². The minimum Gasteiger partial charge on any atom is -0.489 e. The molecule has 0 aliphatic carbocycles. The van der Waals surface area contributed by atoms with Gasteiger partial charge in [-0.05, 0) is 67.5 Å². The van der Waals surface area contributed by atoms with E-state index >= 15 is 0 Å². The zero-order valence-corrected chi connectivity index (χ0v) is 19.5. The summed E-state index contributed by atoms with van der Waals surface area (Å²) >= 11 is 0. The summed E-state index contributed by atoms with van der Waals surface area (Å²) in [6, 6.07) is 18.3. The Bertz CT molecular complexity index is 922. The van der Waals surface area contributed by atoms with Gasteiger partial charge in [0.15, 0.2) is 0 Å². The number of amides is 1. The number of benzene rings is 2. The van der Waals surface area contributed by atoms with Crippen molar-refractivity contribution in [1.29, 1.82) is 0 Å². The summed E-state index contributed by atoms with van der Waals surface area (Å²) in [5, 5.41) is 17.0. The maximum absolute atomic E-state index is 13.3. The number of carbonyl (C=O) groups excluding carboxylic acids is 1. The Balaban J connectivity index is 0.000000868. The van der Waals surface area contributed by atoms with E-state index in [0.29, 0.717) is 24.5 Å². The lowest BCUT2D eigenvalue weighted by Crippen LogP contribution is -2.65. The predicted molar refractivity (Wildman–Crippen MR) is 129 cm³/mol. The van der Waals surface area contributed by atoms with Crippen LogP contribution in [0.15, 0.2) is 54.6 Å². The molecule has 34 heavy (non-hydrogen) atoms. The summed E-state index contributed by atoms with van der Waals surface area (Å²) in [5.41, 5.74) is 1.79. The van der Waals surface area contributed by atoms with Gasteiger partial charge in [-0.15, -0.1) is 0 Å². The standard InChI is InChI=1S/C26H32N2O3.CH2O2/c29-17-25-22-14-21(24-8-4-5-13-28(24)25)15-27(16-22)26(30)20-11-9-19(10-12-20)18-31-23-6-2-1-3-7-23;2-1-3/h1-3,6-7,9-12,21-22,24-25,29H,4-5,8,13-18H2;1H,(H,2,3)/t21-,22+,24+,25+;/m1./s1. The predicted octanol–water partition coefficient (Wildman–Crippen LogP) is 3.27. The quantitative estimate of drug-likeness (QED) is 0.658. The van der Waals surface area contributed by atoms with Crippen LogP contribution in [-0.2, 0) is 11.4 Å². The van der Waals surface area contributed by atoms with Crippen LogP contribution in [0.25, 0.3) is 0 Å². The highest BCUT2D eigenvalue weighted by Gasteiger charge is 2.47. The number of ether oxygens (including phenoxy) is 1. The van der Waals surface area contributed by atoms with Crippen LogP contribution < -0.4 is 4.74 Å². The van der Waals surface area contributed by atoms with Crippen molar-refractivity contribution in [3.8, 4) is 5.75 Å². The summed E-state index contributed by atoms with van der Waals surface area (Å²) in [7, 11) is 0. The second-order valence-electron chi connectivity index (χ2n) is 9.42. The third-order valence-electron chi connectivity index (χ3n) is 7.45. The van der Waals surface area contributed by atoms with Crippen LogP contribution in [0.2, 0.25) is 0 Å². The number of fused-ring (bicyclic) bond motifs is 4. The highest BCUT2D eigenvalue weighted by molar-refractivity contribution is 5.94. The molecule has 2 aromatic carbocycles. The van der Waals surface area contributed by atoms with E-state index in [-0.39, 0.29) is 25.0 Å². The van der Waals surface area contributed by atoms with E-state index in [1.807, 2.05) is 59.5 Å². The van der Waals surface area contributed by atoms with Crippen molar-refractivity contribution in [2.75, 3.05) is 26.2 Å². The van der Waals surface area contributed by atoms with E-state index in [1.165, 1.54) is 19.3 Å². The average molecular weight is 467 g/mol. The summed E-state index contributed by atoms with van der Waals surface area (Å²) in [6.07, 6.45) is 4.84. The largest absolute Gasteiger partial charge is 0.489 e. The molecule has 0 aromatic heterocycles. The minimum absolute atomic E-state index is 0.117. The van der Waals surface area contributed by atoms with Gasteiger partial charge >= 0.3 is 0 Å². The zero-order valence-electron chi connectivity index (χ0n) is 19.5. The first-order chi connectivity index (χ1) is 16.6. The number of piperidine rings is 3. The Labute approximate surface area is 200 Å². The fourth-order valence-corrected chi connectivity index (χ4v) is 5.93. The normalized spacial score (nSPS) is 26.0. The number of carboxylic acid groups (broad SMARTS) is 1. The molecule has 3 fully saturated rings. The maximum atomic E-state index is 13.3. The number of hydrogen-bond acceptors (Lipinski definition) is 5. The Kier molecular flexibility index (Phi) is 8.19. The Morgan fingerprint density at radius 1 is 1.03 bits per heavy atom. The molecule has 3 aliphatic rings. The molecular formula is C27H34N2O5. The lowest BCUT2D eigenvalue weighted by molar-refractivity contribution is -0.122.